The Hall–Kier alpha value is -1.79. The van der Waals surface area contributed by atoms with E-state index in [1.54, 1.807) is 18.2 Å². The lowest BCUT2D eigenvalue weighted by Gasteiger charge is -2.17. The van der Waals surface area contributed by atoms with Crippen LogP contribution in [0.4, 0.5) is 0 Å². The third-order valence-electron chi connectivity index (χ3n) is 4.34. The monoisotopic (exact) mass is 366 g/mol. The third-order valence-corrected chi connectivity index (χ3v) is 4.58. The Kier molecular flexibility index (Phi) is 5.49. The molecular weight excluding hydrogens is 344 g/mol. The molecule has 1 fully saturated rings. The van der Waals surface area contributed by atoms with Crippen molar-refractivity contribution in [1.29, 1.82) is 0 Å². The summed E-state index contributed by atoms with van der Waals surface area (Å²) in [6.07, 6.45) is 1.24. The van der Waals surface area contributed by atoms with Crippen LogP contribution >= 0.6 is 11.6 Å². The predicted molar refractivity (Wildman–Crippen MR) is 95.9 cm³/mol. The van der Waals surface area contributed by atoms with Gasteiger partial charge in [0, 0.05) is 43.8 Å². The third kappa shape index (κ3) is 4.25. The average Bonchev–Trinajstić information content (AvgIpc) is 3.14. The number of aryl methyl sites for hydroxylation is 1. The van der Waals surface area contributed by atoms with Gasteiger partial charge in [0.25, 0.3) is 0 Å². The second-order valence-corrected chi connectivity index (χ2v) is 7.30. The van der Waals surface area contributed by atoms with Crippen molar-refractivity contribution >= 4 is 28.6 Å². The molecule has 0 saturated carbocycles. The van der Waals surface area contributed by atoms with Gasteiger partial charge in [-0.1, -0.05) is 25.4 Å². The second-order valence-electron chi connectivity index (χ2n) is 6.86. The number of amides is 1. The van der Waals surface area contributed by atoms with Crippen molar-refractivity contribution < 1.29 is 13.9 Å². The summed E-state index contributed by atoms with van der Waals surface area (Å²) in [5.41, 5.74) is 1.09. The summed E-state index contributed by atoms with van der Waals surface area (Å²) in [6, 6.07) is 5.04. The Morgan fingerprint density at radius 3 is 3.00 bits per heavy atom. The Labute approximate surface area is 151 Å². The maximum atomic E-state index is 12.4. The highest BCUT2D eigenvalue weighted by Gasteiger charge is 2.26. The number of carbonyl (C=O) groups excluding carboxylic acids is 1. The van der Waals surface area contributed by atoms with Gasteiger partial charge in [0.2, 0.25) is 5.91 Å². The number of oxazole rings is 1. The molecule has 2 aromatic rings. The number of nitrogens with zero attached hydrogens (tertiary/aromatic N) is 2. The van der Waals surface area contributed by atoms with Crippen LogP contribution in [-0.2, 0) is 16.1 Å². The maximum absolute atomic E-state index is 12.4. The van der Waals surface area contributed by atoms with Crippen molar-refractivity contribution in [3.63, 3.8) is 0 Å². The number of carbonyl (C=O) groups is 1. The predicted octanol–water partition coefficient (Wildman–Crippen LogP) is 2.91. The van der Waals surface area contributed by atoms with Gasteiger partial charge >= 0.3 is 5.76 Å². The minimum absolute atomic E-state index is 0.0332. The molecule has 1 aromatic heterocycles. The highest BCUT2D eigenvalue weighted by Crippen LogP contribution is 2.19. The molecule has 6 nitrogen and oxygen atoms in total. The summed E-state index contributed by atoms with van der Waals surface area (Å²) >= 11 is 5.91. The van der Waals surface area contributed by atoms with Gasteiger partial charge in [0.1, 0.15) is 0 Å². The Bertz CT molecular complexity index is 811. The number of halogens is 1. The molecule has 1 unspecified atom stereocenters. The van der Waals surface area contributed by atoms with Gasteiger partial charge in [-0.2, -0.15) is 0 Å². The fourth-order valence-electron chi connectivity index (χ4n) is 3.04. The van der Waals surface area contributed by atoms with E-state index in [4.69, 9.17) is 20.8 Å². The van der Waals surface area contributed by atoms with Gasteiger partial charge in [-0.3, -0.25) is 9.36 Å². The Morgan fingerprint density at radius 2 is 2.24 bits per heavy atom. The first-order valence-electron chi connectivity index (χ1n) is 8.62. The molecule has 0 radical (unpaired) electrons. The van der Waals surface area contributed by atoms with Crippen molar-refractivity contribution in [2.45, 2.75) is 39.3 Å². The zero-order valence-electron chi connectivity index (χ0n) is 14.5. The lowest BCUT2D eigenvalue weighted by atomic mass is 10.2. The fourth-order valence-corrected chi connectivity index (χ4v) is 3.20. The van der Waals surface area contributed by atoms with Gasteiger partial charge in [-0.15, -0.1) is 0 Å². The molecule has 1 amide bonds. The zero-order valence-corrected chi connectivity index (χ0v) is 15.3. The largest absolute Gasteiger partial charge is 0.419 e. The molecule has 0 aliphatic carbocycles. The van der Waals surface area contributed by atoms with E-state index in [0.717, 1.165) is 6.42 Å². The van der Waals surface area contributed by atoms with E-state index in [2.05, 4.69) is 13.8 Å². The van der Waals surface area contributed by atoms with Gasteiger partial charge in [0.15, 0.2) is 5.58 Å². The minimum atomic E-state index is -0.468. The minimum Gasteiger partial charge on any atom is -0.408 e. The molecule has 136 valence electrons. The van der Waals surface area contributed by atoms with Gasteiger partial charge < -0.3 is 14.1 Å². The molecule has 7 heteroatoms. The van der Waals surface area contributed by atoms with Crippen LogP contribution in [0.15, 0.2) is 27.4 Å². The van der Waals surface area contributed by atoms with Gasteiger partial charge in [-0.25, -0.2) is 4.79 Å². The van der Waals surface area contributed by atoms with Crippen molar-refractivity contribution in [3.8, 4) is 0 Å². The zero-order chi connectivity index (χ0) is 18.0. The standard InChI is InChI=1S/C18H23ClN2O4/c1-12(2)11-24-14-5-7-20(10-14)17(22)6-8-21-15-4-3-13(19)9-16(15)25-18(21)23/h3-4,9,12,14H,5-8,10-11H2,1-2H3. The molecule has 0 bridgehead atoms. The average molecular weight is 367 g/mol. The lowest BCUT2D eigenvalue weighted by molar-refractivity contribution is -0.130. The van der Waals surface area contributed by atoms with Crippen molar-refractivity contribution in [3.05, 3.63) is 33.8 Å². The molecule has 1 saturated heterocycles. The summed E-state index contributed by atoms with van der Waals surface area (Å²) in [5.74, 6) is 0.0509. The van der Waals surface area contributed by atoms with Crippen LogP contribution in [0.1, 0.15) is 26.7 Å². The van der Waals surface area contributed by atoms with Crippen LogP contribution in [-0.4, -0.2) is 41.2 Å². The van der Waals surface area contributed by atoms with Crippen LogP contribution in [0.25, 0.3) is 11.1 Å². The smallest absolute Gasteiger partial charge is 0.408 e. The van der Waals surface area contributed by atoms with E-state index in [0.29, 0.717) is 48.3 Å². The van der Waals surface area contributed by atoms with Gasteiger partial charge in [0.05, 0.1) is 11.6 Å². The number of aromatic nitrogens is 1. The Morgan fingerprint density at radius 1 is 1.44 bits per heavy atom. The molecule has 1 aliphatic heterocycles. The number of likely N-dealkylation sites (tertiary alicyclic amines) is 1. The van der Waals surface area contributed by atoms with Crippen molar-refractivity contribution in [2.75, 3.05) is 19.7 Å². The molecule has 2 heterocycles. The van der Waals surface area contributed by atoms with E-state index < -0.39 is 5.76 Å². The number of ether oxygens (including phenoxy) is 1. The first-order valence-corrected chi connectivity index (χ1v) is 9.00. The highest BCUT2D eigenvalue weighted by atomic mass is 35.5. The molecule has 25 heavy (non-hydrogen) atoms. The first-order chi connectivity index (χ1) is 11.9. The van der Waals surface area contributed by atoms with Crippen LogP contribution in [0.3, 0.4) is 0 Å². The van der Waals surface area contributed by atoms with Gasteiger partial charge in [-0.05, 0) is 24.5 Å². The normalized spacial score (nSPS) is 17.8. The Balaban J connectivity index is 1.58. The summed E-state index contributed by atoms with van der Waals surface area (Å²) in [4.78, 5) is 26.2. The second kappa shape index (κ2) is 7.62. The van der Waals surface area contributed by atoms with E-state index in [-0.39, 0.29) is 18.4 Å². The maximum Gasteiger partial charge on any atom is 0.419 e. The number of rotatable bonds is 6. The van der Waals surface area contributed by atoms with Crippen LogP contribution in [0.5, 0.6) is 0 Å². The molecule has 0 N–H and O–H groups in total. The van der Waals surface area contributed by atoms with Crippen LogP contribution in [0.2, 0.25) is 5.02 Å². The van der Waals surface area contributed by atoms with E-state index in [1.165, 1.54) is 4.57 Å². The molecule has 3 rings (SSSR count). The summed E-state index contributed by atoms with van der Waals surface area (Å²) in [6.45, 7) is 6.56. The van der Waals surface area contributed by atoms with Crippen molar-refractivity contribution in [2.24, 2.45) is 5.92 Å². The summed E-state index contributed by atoms with van der Waals surface area (Å²) in [7, 11) is 0. The van der Waals surface area contributed by atoms with E-state index in [1.807, 2.05) is 4.90 Å². The van der Waals surface area contributed by atoms with E-state index in [9.17, 15) is 9.59 Å². The fraction of sp³-hybridized carbons (Fsp3) is 0.556. The molecular formula is C18H23ClN2O4. The molecule has 1 aromatic carbocycles. The number of hydrogen-bond donors (Lipinski definition) is 0. The number of benzene rings is 1. The molecule has 0 spiro atoms. The SMILES string of the molecule is CC(C)COC1CCN(C(=O)CCn2c(=O)oc3cc(Cl)ccc32)C1. The highest BCUT2D eigenvalue weighted by molar-refractivity contribution is 6.31. The van der Waals surface area contributed by atoms with Crippen molar-refractivity contribution in [1.82, 2.24) is 9.47 Å². The number of fused-ring (bicyclic) bond motifs is 1. The molecule has 1 aliphatic rings. The topological polar surface area (TPSA) is 64.7 Å². The quantitative estimate of drug-likeness (QED) is 0.788. The van der Waals surface area contributed by atoms with E-state index >= 15 is 0 Å². The summed E-state index contributed by atoms with van der Waals surface area (Å²) in [5, 5.41) is 0.508. The summed E-state index contributed by atoms with van der Waals surface area (Å²) < 4.78 is 12.5. The first kappa shape index (κ1) is 18.0. The number of hydrogen-bond acceptors (Lipinski definition) is 4. The van der Waals surface area contributed by atoms with Crippen LogP contribution < -0.4 is 5.76 Å². The lowest BCUT2D eigenvalue weighted by Crippen LogP contribution is -2.31. The van der Waals surface area contributed by atoms with Crippen LogP contribution in [0, 0.1) is 5.92 Å². The molecule has 1 atom stereocenters.